The van der Waals surface area contributed by atoms with Crippen molar-refractivity contribution < 1.29 is 14.3 Å². The lowest BCUT2D eigenvalue weighted by Crippen LogP contribution is -2.42. The molecule has 1 N–H and O–H groups in total. The number of thiazole rings is 1. The zero-order valence-electron chi connectivity index (χ0n) is 21.8. The highest BCUT2D eigenvalue weighted by atomic mass is 35.5. The number of rotatable bonds is 6. The minimum atomic E-state index is -0.404. The molecule has 1 saturated heterocycles. The molecule has 1 saturated carbocycles. The van der Waals surface area contributed by atoms with Gasteiger partial charge in [0.2, 0.25) is 5.91 Å². The highest BCUT2D eigenvalue weighted by Crippen LogP contribution is 2.40. The van der Waals surface area contributed by atoms with Gasteiger partial charge in [0.15, 0.2) is 15.6 Å². The number of pyridine rings is 1. The van der Waals surface area contributed by atoms with E-state index in [2.05, 4.69) is 39.1 Å². The molecule has 1 aromatic carbocycles. The third kappa shape index (κ3) is 5.18. The van der Waals surface area contributed by atoms with Crippen LogP contribution in [0.1, 0.15) is 61.5 Å². The highest BCUT2D eigenvalue weighted by molar-refractivity contribution is 7.21. The lowest BCUT2D eigenvalue weighted by Gasteiger charge is -2.36. The maximum atomic E-state index is 13.6. The average molecular weight is 563 g/mol. The molecule has 6 rings (SSSR count). The van der Waals surface area contributed by atoms with Crippen molar-refractivity contribution in [1.29, 1.82) is 0 Å². The zero-order chi connectivity index (χ0) is 27.3. The minimum Gasteiger partial charge on any atom is -0.496 e. The maximum Gasteiger partial charge on any atom is 0.259 e. The van der Waals surface area contributed by atoms with E-state index in [1.165, 1.54) is 17.5 Å². The highest BCUT2D eigenvalue weighted by Gasteiger charge is 2.33. The second-order valence-corrected chi connectivity index (χ2v) is 12.2. The van der Waals surface area contributed by atoms with Crippen molar-refractivity contribution in [2.45, 2.75) is 45.4 Å². The van der Waals surface area contributed by atoms with Crippen LogP contribution in [0.3, 0.4) is 0 Å². The van der Waals surface area contributed by atoms with Gasteiger partial charge in [-0.05, 0) is 48.9 Å². The van der Waals surface area contributed by atoms with Crippen LogP contribution < -0.4 is 15.0 Å². The molecule has 0 spiro atoms. The van der Waals surface area contributed by atoms with Gasteiger partial charge in [0.05, 0.1) is 24.6 Å². The van der Waals surface area contributed by atoms with Gasteiger partial charge in [-0.15, -0.1) is 0 Å². The van der Waals surface area contributed by atoms with Crippen LogP contribution in [0.5, 0.6) is 5.75 Å². The number of aromatic nitrogens is 4. The molecule has 3 aromatic heterocycles. The van der Waals surface area contributed by atoms with Crippen molar-refractivity contribution in [3.8, 4) is 16.9 Å². The Morgan fingerprint density at radius 3 is 2.72 bits per heavy atom. The third-order valence-electron chi connectivity index (χ3n) is 7.16. The number of nitrogens with zero attached hydrogens (tertiary/aromatic N) is 5. The Bertz CT molecular complexity index is 1620. The number of hydrogen-bond donors (Lipinski definition) is 1. The number of hydrogen-bond acceptors (Lipinski definition) is 8. The predicted octanol–water partition coefficient (Wildman–Crippen LogP) is 6.09. The number of nitrogens with one attached hydrogen (secondary N) is 1. The van der Waals surface area contributed by atoms with Gasteiger partial charge in [-0.1, -0.05) is 36.8 Å². The van der Waals surface area contributed by atoms with Crippen molar-refractivity contribution in [3.63, 3.8) is 0 Å². The Kier molecular flexibility index (Phi) is 6.47. The van der Waals surface area contributed by atoms with Crippen LogP contribution in [-0.2, 0) is 4.79 Å². The van der Waals surface area contributed by atoms with Gasteiger partial charge in [0.25, 0.3) is 5.91 Å². The van der Waals surface area contributed by atoms with Gasteiger partial charge >= 0.3 is 0 Å². The molecule has 0 atom stereocenters. The molecule has 2 fully saturated rings. The van der Waals surface area contributed by atoms with Gasteiger partial charge in [0.1, 0.15) is 11.6 Å². The van der Waals surface area contributed by atoms with Gasteiger partial charge < -0.3 is 4.74 Å². The number of anilines is 2. The van der Waals surface area contributed by atoms with Crippen molar-refractivity contribution in [1.82, 2.24) is 19.9 Å². The van der Waals surface area contributed by atoms with Crippen molar-refractivity contribution in [2.24, 2.45) is 5.41 Å². The summed E-state index contributed by atoms with van der Waals surface area (Å²) in [6, 6.07) is 6.96. The first-order valence-corrected chi connectivity index (χ1v) is 14.0. The monoisotopic (exact) mass is 562 g/mol. The van der Waals surface area contributed by atoms with E-state index >= 15 is 0 Å². The molecule has 2 aliphatic rings. The normalized spacial score (nSPS) is 16.9. The number of halogens is 1. The topological polar surface area (TPSA) is 110 Å². The Morgan fingerprint density at radius 1 is 1.15 bits per heavy atom. The average Bonchev–Trinajstić information content (AvgIpc) is 3.67. The van der Waals surface area contributed by atoms with E-state index in [9.17, 15) is 9.59 Å². The quantitative estimate of drug-likeness (QED) is 0.302. The second-order valence-electron chi connectivity index (χ2n) is 10.7. The number of piperidine rings is 1. The van der Waals surface area contributed by atoms with E-state index in [1.807, 2.05) is 0 Å². The molecule has 11 heteroatoms. The summed E-state index contributed by atoms with van der Waals surface area (Å²) in [4.78, 5) is 47.1. The number of fused-ring (bicyclic) bond motifs is 1. The fourth-order valence-electron chi connectivity index (χ4n) is 4.79. The molecule has 9 nitrogen and oxygen atoms in total. The molecule has 4 heterocycles. The molecule has 0 bridgehead atoms. The van der Waals surface area contributed by atoms with Crippen molar-refractivity contribution in [2.75, 3.05) is 23.9 Å². The van der Waals surface area contributed by atoms with E-state index < -0.39 is 5.91 Å². The molecule has 4 aromatic rings. The number of ether oxygens (including phenoxy) is 1. The number of methoxy groups -OCH3 is 1. The van der Waals surface area contributed by atoms with E-state index in [0.29, 0.717) is 67.8 Å². The molecule has 0 radical (unpaired) electrons. The lowest BCUT2D eigenvalue weighted by molar-refractivity contribution is -0.122. The molecule has 0 unspecified atom stereocenters. The summed E-state index contributed by atoms with van der Waals surface area (Å²) in [5.74, 6) is 1.08. The molecule has 200 valence electrons. The first-order valence-electron chi connectivity index (χ1n) is 12.8. The molecular weight excluding hydrogens is 536 g/mol. The van der Waals surface area contributed by atoms with Crippen LogP contribution >= 0.6 is 22.9 Å². The van der Waals surface area contributed by atoms with Gasteiger partial charge in [-0.3, -0.25) is 19.8 Å². The fraction of sp³-hybridized carbons (Fsp3) is 0.357. The van der Waals surface area contributed by atoms with Crippen molar-refractivity contribution in [3.05, 3.63) is 52.9 Å². The van der Waals surface area contributed by atoms with E-state index in [0.717, 1.165) is 25.0 Å². The minimum absolute atomic E-state index is 0.00000290. The second kappa shape index (κ2) is 9.84. The smallest absolute Gasteiger partial charge is 0.259 e. The lowest BCUT2D eigenvalue weighted by atomic mass is 9.82. The Labute approximate surface area is 234 Å². The predicted molar refractivity (Wildman–Crippen MR) is 152 cm³/mol. The largest absolute Gasteiger partial charge is 0.496 e. The molecule has 1 aliphatic carbocycles. The molecule has 39 heavy (non-hydrogen) atoms. The number of carbonyl (C=O) groups is 2. The molecule has 2 amide bonds. The third-order valence-corrected chi connectivity index (χ3v) is 8.25. The summed E-state index contributed by atoms with van der Waals surface area (Å²) in [5, 5.41) is 3.77. The Balaban J connectivity index is 1.37. The van der Waals surface area contributed by atoms with Crippen molar-refractivity contribution >= 4 is 56.2 Å². The Hall–Kier alpha value is -3.63. The Morgan fingerprint density at radius 2 is 1.97 bits per heavy atom. The number of carbonyl (C=O) groups excluding carboxylic acids is 2. The SMILES string of the molecule is COc1ccc(Cl)cc1-c1cc(N2CCC(C)(C)CC2=O)ncc1C(=O)Nc1nc2ncc(C3CC3)nc2s1. The summed E-state index contributed by atoms with van der Waals surface area (Å²) in [7, 11) is 1.56. The summed E-state index contributed by atoms with van der Waals surface area (Å²) in [6.07, 6.45) is 6.78. The van der Waals surface area contributed by atoms with Crippen LogP contribution in [0.15, 0.2) is 36.7 Å². The standard InChI is InChI=1S/C28H27ClN6O3S/c1-28(2)8-9-35(23(36)12-28)22-11-17(18-10-16(29)6-7-21(18)38-3)19(13-30-22)25(37)34-27-33-24-26(39-27)32-20(14-31-24)15-4-5-15/h6-7,10-11,13-15H,4-5,8-9,12H2,1-3H3,(H,31,33,34,37). The summed E-state index contributed by atoms with van der Waals surface area (Å²) in [6.45, 7) is 4.72. The van der Waals surface area contributed by atoms with E-state index in [1.54, 1.807) is 42.5 Å². The van der Waals surface area contributed by atoms with Crippen LogP contribution in [-0.4, -0.2) is 45.4 Å². The maximum absolute atomic E-state index is 13.6. The summed E-state index contributed by atoms with van der Waals surface area (Å²) < 4.78 is 5.60. The number of amides is 2. The molecule has 1 aliphatic heterocycles. The van der Waals surface area contributed by atoms with Gasteiger partial charge in [0, 0.05) is 41.2 Å². The van der Waals surface area contributed by atoms with Gasteiger partial charge in [-0.2, -0.15) is 4.98 Å². The first-order chi connectivity index (χ1) is 18.7. The fourth-order valence-corrected chi connectivity index (χ4v) is 5.76. The number of benzene rings is 1. The van der Waals surface area contributed by atoms with Crippen LogP contribution in [0.25, 0.3) is 21.6 Å². The van der Waals surface area contributed by atoms with Crippen LogP contribution in [0, 0.1) is 5.41 Å². The van der Waals surface area contributed by atoms with Crippen LogP contribution in [0.2, 0.25) is 5.02 Å². The van der Waals surface area contributed by atoms with Gasteiger partial charge in [-0.25, -0.2) is 15.0 Å². The van der Waals surface area contributed by atoms with E-state index in [-0.39, 0.29) is 11.3 Å². The summed E-state index contributed by atoms with van der Waals surface area (Å²) >= 11 is 7.64. The zero-order valence-corrected chi connectivity index (χ0v) is 23.4. The van der Waals surface area contributed by atoms with E-state index in [4.69, 9.17) is 16.3 Å². The first kappa shape index (κ1) is 25.6. The summed E-state index contributed by atoms with van der Waals surface area (Å²) in [5.41, 5.74) is 2.86. The molecular formula is C28H27ClN6O3S. The van der Waals surface area contributed by atoms with Crippen LogP contribution in [0.4, 0.5) is 10.9 Å².